The molecule has 1 unspecified atom stereocenters. The molecule has 2 aliphatic rings. The Hall–Kier alpha value is -1.02. The number of anilines is 1. The number of nitrogens with one attached hydrogen (secondary N) is 1. The Bertz CT molecular complexity index is 369. The average Bonchev–Trinajstić information content (AvgIpc) is 2.89. The van der Waals surface area contributed by atoms with Gasteiger partial charge in [-0.05, 0) is 62.9 Å². The number of nitrogens with zero attached hydrogens (tertiary/aromatic N) is 1. The molecule has 0 aromatic heterocycles. The molecule has 1 saturated heterocycles. The van der Waals surface area contributed by atoms with Gasteiger partial charge in [0.15, 0.2) is 0 Å². The average molecular weight is 230 g/mol. The fourth-order valence-corrected chi connectivity index (χ4v) is 3.20. The molecule has 0 radical (unpaired) electrons. The van der Waals surface area contributed by atoms with Gasteiger partial charge in [-0.15, -0.1) is 0 Å². The highest BCUT2D eigenvalue weighted by Gasteiger charge is 2.20. The first-order valence-electron chi connectivity index (χ1n) is 6.98. The second-order valence-corrected chi connectivity index (χ2v) is 5.34. The van der Waals surface area contributed by atoms with Crippen molar-refractivity contribution >= 4 is 5.69 Å². The van der Waals surface area contributed by atoms with E-state index in [1.54, 1.807) is 0 Å². The lowest BCUT2D eigenvalue weighted by Crippen LogP contribution is -2.24. The molecule has 2 aliphatic heterocycles. The summed E-state index contributed by atoms with van der Waals surface area (Å²) in [7, 11) is 0. The Balaban J connectivity index is 1.64. The molecule has 0 bridgehead atoms. The van der Waals surface area contributed by atoms with Crippen molar-refractivity contribution in [3.8, 4) is 0 Å². The number of para-hydroxylation sites is 1. The lowest BCUT2D eigenvalue weighted by atomic mass is 9.88. The first-order chi connectivity index (χ1) is 8.43. The van der Waals surface area contributed by atoms with Gasteiger partial charge in [-0.3, -0.25) is 0 Å². The van der Waals surface area contributed by atoms with Gasteiger partial charge in [-0.2, -0.15) is 0 Å². The third-order valence-corrected chi connectivity index (χ3v) is 4.20. The zero-order chi connectivity index (χ0) is 11.5. The van der Waals surface area contributed by atoms with Crippen molar-refractivity contribution in [1.29, 1.82) is 0 Å². The molecule has 1 atom stereocenters. The summed E-state index contributed by atoms with van der Waals surface area (Å²) in [4.78, 5) is 2.63. The third kappa shape index (κ3) is 2.47. The Kier molecular flexibility index (Phi) is 3.32. The molecule has 2 heterocycles. The van der Waals surface area contributed by atoms with E-state index in [0.29, 0.717) is 0 Å². The summed E-state index contributed by atoms with van der Waals surface area (Å²) in [6.07, 6.45) is 5.44. The summed E-state index contributed by atoms with van der Waals surface area (Å²) < 4.78 is 0. The van der Waals surface area contributed by atoms with Crippen molar-refractivity contribution in [3.05, 3.63) is 29.8 Å². The summed E-state index contributed by atoms with van der Waals surface area (Å²) >= 11 is 0. The topological polar surface area (TPSA) is 15.3 Å². The van der Waals surface area contributed by atoms with E-state index in [0.717, 1.165) is 12.5 Å². The monoisotopic (exact) mass is 230 g/mol. The second kappa shape index (κ2) is 5.09. The minimum Gasteiger partial charge on any atom is -0.385 e. The van der Waals surface area contributed by atoms with Crippen molar-refractivity contribution in [2.75, 3.05) is 31.5 Å². The van der Waals surface area contributed by atoms with Crippen molar-refractivity contribution < 1.29 is 0 Å². The predicted molar refractivity (Wildman–Crippen MR) is 72.6 cm³/mol. The van der Waals surface area contributed by atoms with Crippen LogP contribution in [0.1, 0.15) is 37.2 Å². The zero-order valence-corrected chi connectivity index (χ0v) is 10.5. The van der Waals surface area contributed by atoms with E-state index in [-0.39, 0.29) is 0 Å². The van der Waals surface area contributed by atoms with Gasteiger partial charge in [0.2, 0.25) is 0 Å². The summed E-state index contributed by atoms with van der Waals surface area (Å²) in [6.45, 7) is 5.08. The van der Waals surface area contributed by atoms with Gasteiger partial charge in [0, 0.05) is 12.2 Å². The van der Waals surface area contributed by atoms with E-state index in [2.05, 4.69) is 34.5 Å². The maximum absolute atomic E-state index is 3.51. The molecule has 92 valence electrons. The molecule has 1 aromatic carbocycles. The van der Waals surface area contributed by atoms with Crippen molar-refractivity contribution in [2.24, 2.45) is 0 Å². The number of rotatable bonds is 3. The Labute approximate surface area is 104 Å². The van der Waals surface area contributed by atoms with Crippen LogP contribution in [0.25, 0.3) is 0 Å². The summed E-state index contributed by atoms with van der Waals surface area (Å²) in [5.41, 5.74) is 2.91. The van der Waals surface area contributed by atoms with Crippen LogP contribution in [-0.4, -0.2) is 31.1 Å². The molecule has 1 aromatic rings. The van der Waals surface area contributed by atoms with Gasteiger partial charge < -0.3 is 10.2 Å². The first kappa shape index (κ1) is 11.1. The second-order valence-electron chi connectivity index (χ2n) is 5.34. The zero-order valence-electron chi connectivity index (χ0n) is 10.5. The maximum atomic E-state index is 3.51. The smallest absolute Gasteiger partial charge is 0.0375 e. The normalized spacial score (nSPS) is 24.4. The SMILES string of the molecule is c1ccc2c(c1)NCCC2CCN1CCCC1. The highest BCUT2D eigenvalue weighted by Crippen LogP contribution is 2.33. The molecule has 2 nitrogen and oxygen atoms in total. The lowest BCUT2D eigenvalue weighted by Gasteiger charge is -2.28. The lowest BCUT2D eigenvalue weighted by molar-refractivity contribution is 0.318. The number of fused-ring (bicyclic) bond motifs is 1. The van der Waals surface area contributed by atoms with Crippen molar-refractivity contribution in [1.82, 2.24) is 4.90 Å². The highest BCUT2D eigenvalue weighted by atomic mass is 15.1. The van der Waals surface area contributed by atoms with Crippen LogP contribution in [-0.2, 0) is 0 Å². The van der Waals surface area contributed by atoms with Gasteiger partial charge in [-0.1, -0.05) is 18.2 Å². The molecule has 2 heteroatoms. The third-order valence-electron chi connectivity index (χ3n) is 4.20. The van der Waals surface area contributed by atoms with Crippen LogP contribution in [0.4, 0.5) is 5.69 Å². The van der Waals surface area contributed by atoms with Crippen LogP contribution in [0.15, 0.2) is 24.3 Å². The predicted octanol–water partition coefficient (Wildman–Crippen LogP) is 3.07. The fourth-order valence-electron chi connectivity index (χ4n) is 3.20. The minimum atomic E-state index is 0.771. The van der Waals surface area contributed by atoms with Crippen LogP contribution >= 0.6 is 0 Å². The molecule has 0 spiro atoms. The van der Waals surface area contributed by atoms with E-state index in [4.69, 9.17) is 0 Å². The van der Waals surface area contributed by atoms with E-state index in [1.165, 1.54) is 56.6 Å². The van der Waals surface area contributed by atoms with Crippen LogP contribution < -0.4 is 5.32 Å². The van der Waals surface area contributed by atoms with Gasteiger partial charge in [0.05, 0.1) is 0 Å². The molecule has 17 heavy (non-hydrogen) atoms. The van der Waals surface area contributed by atoms with Crippen LogP contribution in [0.2, 0.25) is 0 Å². The van der Waals surface area contributed by atoms with Crippen LogP contribution in [0, 0.1) is 0 Å². The van der Waals surface area contributed by atoms with Gasteiger partial charge in [0.25, 0.3) is 0 Å². The largest absolute Gasteiger partial charge is 0.385 e. The van der Waals surface area contributed by atoms with E-state index < -0.39 is 0 Å². The quantitative estimate of drug-likeness (QED) is 0.858. The van der Waals surface area contributed by atoms with Crippen molar-refractivity contribution in [3.63, 3.8) is 0 Å². The van der Waals surface area contributed by atoms with E-state index in [9.17, 15) is 0 Å². The number of benzene rings is 1. The van der Waals surface area contributed by atoms with E-state index in [1.807, 2.05) is 0 Å². The van der Waals surface area contributed by atoms with E-state index >= 15 is 0 Å². The Morgan fingerprint density at radius 3 is 2.88 bits per heavy atom. The standard InChI is InChI=1S/C15H22N2/c1-2-6-15-14(5-1)13(7-9-16-15)8-12-17-10-3-4-11-17/h1-2,5-6,13,16H,3-4,7-12H2. The van der Waals surface area contributed by atoms with Gasteiger partial charge in [-0.25, -0.2) is 0 Å². The molecule has 0 amide bonds. The minimum absolute atomic E-state index is 0.771. The maximum Gasteiger partial charge on any atom is 0.0375 e. The molecule has 1 N–H and O–H groups in total. The van der Waals surface area contributed by atoms with Gasteiger partial charge >= 0.3 is 0 Å². The summed E-state index contributed by atoms with van der Waals surface area (Å²) in [5.74, 6) is 0.771. The summed E-state index contributed by atoms with van der Waals surface area (Å²) in [5, 5.41) is 3.51. The van der Waals surface area contributed by atoms with Gasteiger partial charge in [0.1, 0.15) is 0 Å². The number of hydrogen-bond donors (Lipinski definition) is 1. The molecule has 1 fully saturated rings. The summed E-state index contributed by atoms with van der Waals surface area (Å²) in [6, 6.07) is 8.83. The Morgan fingerprint density at radius 2 is 2.00 bits per heavy atom. The van der Waals surface area contributed by atoms with Crippen LogP contribution in [0.3, 0.4) is 0 Å². The number of likely N-dealkylation sites (tertiary alicyclic amines) is 1. The van der Waals surface area contributed by atoms with Crippen LogP contribution in [0.5, 0.6) is 0 Å². The molecular weight excluding hydrogens is 208 g/mol. The molecular formula is C15H22N2. The van der Waals surface area contributed by atoms with Crippen molar-refractivity contribution in [2.45, 2.75) is 31.6 Å². The molecule has 0 saturated carbocycles. The first-order valence-corrected chi connectivity index (χ1v) is 6.98. The fraction of sp³-hybridized carbons (Fsp3) is 0.600. The Morgan fingerprint density at radius 1 is 1.18 bits per heavy atom. The molecule has 0 aliphatic carbocycles. The highest BCUT2D eigenvalue weighted by molar-refractivity contribution is 5.54. The number of hydrogen-bond acceptors (Lipinski definition) is 2. The molecule has 3 rings (SSSR count).